The zero-order valence-corrected chi connectivity index (χ0v) is 5.89. The summed E-state index contributed by atoms with van der Waals surface area (Å²) in [6.45, 7) is 3.29. The van der Waals surface area contributed by atoms with Gasteiger partial charge in [-0.2, -0.15) is 0 Å². The van der Waals surface area contributed by atoms with Crippen LogP contribution in [0.25, 0.3) is 0 Å². The van der Waals surface area contributed by atoms with Gasteiger partial charge in [0.2, 0.25) is 0 Å². The molecule has 0 unspecified atom stereocenters. The summed E-state index contributed by atoms with van der Waals surface area (Å²) in [7, 11) is 1.33. The molecule has 0 amide bonds. The second-order valence-corrected chi connectivity index (χ2v) is 1.80. The number of carbonyl (C=O) groups excluding carboxylic acids is 1. The fraction of sp³-hybridized carbons (Fsp3) is 0.500. The highest BCUT2D eigenvalue weighted by molar-refractivity contribution is 5.88. The Morgan fingerprint density at radius 2 is 1.89 bits per heavy atom. The summed E-state index contributed by atoms with van der Waals surface area (Å²) in [6.07, 6.45) is 0. The first-order chi connectivity index (χ1) is 4.09. The van der Waals surface area contributed by atoms with Crippen molar-refractivity contribution in [2.24, 2.45) is 5.73 Å². The van der Waals surface area contributed by atoms with E-state index < -0.39 is 0 Å². The topological polar surface area (TPSA) is 52.3 Å². The van der Waals surface area contributed by atoms with Crippen LogP contribution in [0.2, 0.25) is 0 Å². The van der Waals surface area contributed by atoms with Crippen molar-refractivity contribution in [3.63, 3.8) is 0 Å². The molecule has 0 aliphatic heterocycles. The van der Waals surface area contributed by atoms with Crippen molar-refractivity contribution >= 4 is 5.97 Å². The van der Waals surface area contributed by atoms with Crippen molar-refractivity contribution < 1.29 is 9.53 Å². The van der Waals surface area contributed by atoms with E-state index in [-0.39, 0.29) is 5.97 Å². The van der Waals surface area contributed by atoms with Gasteiger partial charge in [-0.25, -0.2) is 4.79 Å². The Morgan fingerprint density at radius 1 is 1.44 bits per heavy atom. The summed E-state index contributed by atoms with van der Waals surface area (Å²) in [5.41, 5.74) is 6.26. The van der Waals surface area contributed by atoms with Crippen LogP contribution in [-0.2, 0) is 9.53 Å². The third-order valence-electron chi connectivity index (χ3n) is 1.08. The average Bonchev–Trinajstić information content (AvgIpc) is 1.84. The summed E-state index contributed by atoms with van der Waals surface area (Å²) in [4.78, 5) is 10.6. The Kier molecular flexibility index (Phi) is 2.78. The van der Waals surface area contributed by atoms with E-state index in [9.17, 15) is 4.79 Å². The maximum absolute atomic E-state index is 10.6. The van der Waals surface area contributed by atoms with E-state index in [1.165, 1.54) is 7.11 Å². The fourth-order valence-electron chi connectivity index (χ4n) is 0.314. The van der Waals surface area contributed by atoms with Crippen LogP contribution in [0.1, 0.15) is 13.8 Å². The number of ether oxygens (including phenoxy) is 1. The van der Waals surface area contributed by atoms with Crippen LogP contribution in [0.3, 0.4) is 0 Å². The van der Waals surface area contributed by atoms with Crippen molar-refractivity contribution in [1.82, 2.24) is 0 Å². The lowest BCUT2D eigenvalue weighted by molar-refractivity contribution is -0.136. The van der Waals surface area contributed by atoms with Gasteiger partial charge in [0.1, 0.15) is 0 Å². The van der Waals surface area contributed by atoms with Gasteiger partial charge in [-0.15, -0.1) is 0 Å². The molecule has 0 aromatic carbocycles. The molecule has 0 saturated carbocycles. The van der Waals surface area contributed by atoms with Gasteiger partial charge in [0.15, 0.2) is 0 Å². The van der Waals surface area contributed by atoms with Gasteiger partial charge < -0.3 is 10.5 Å². The number of hydrogen-bond acceptors (Lipinski definition) is 3. The Labute approximate surface area is 54.5 Å². The normalized spacial score (nSPS) is 12.3. The molecule has 0 atom stereocenters. The highest BCUT2D eigenvalue weighted by Crippen LogP contribution is 1.97. The van der Waals surface area contributed by atoms with E-state index in [1.54, 1.807) is 13.8 Å². The lowest BCUT2D eigenvalue weighted by Crippen LogP contribution is -2.07. The van der Waals surface area contributed by atoms with Crippen molar-refractivity contribution in [2.45, 2.75) is 13.8 Å². The maximum Gasteiger partial charge on any atom is 0.335 e. The van der Waals surface area contributed by atoms with Gasteiger partial charge in [-0.3, -0.25) is 0 Å². The minimum absolute atomic E-state index is 0.366. The van der Waals surface area contributed by atoms with Crippen molar-refractivity contribution in [3.05, 3.63) is 11.3 Å². The van der Waals surface area contributed by atoms with Gasteiger partial charge in [-0.1, -0.05) is 0 Å². The maximum atomic E-state index is 10.6. The average molecular weight is 129 g/mol. The molecule has 3 heteroatoms. The second kappa shape index (κ2) is 3.12. The zero-order chi connectivity index (χ0) is 7.44. The van der Waals surface area contributed by atoms with E-state index in [0.29, 0.717) is 11.3 Å². The molecule has 0 rings (SSSR count). The predicted molar refractivity (Wildman–Crippen MR) is 34.6 cm³/mol. The summed E-state index contributed by atoms with van der Waals surface area (Å²) < 4.78 is 4.40. The third-order valence-corrected chi connectivity index (χ3v) is 1.08. The first-order valence-corrected chi connectivity index (χ1v) is 2.61. The minimum Gasteiger partial charge on any atom is -0.466 e. The molecular weight excluding hydrogens is 118 g/mol. The first kappa shape index (κ1) is 8.01. The molecule has 9 heavy (non-hydrogen) atoms. The molecule has 2 N–H and O–H groups in total. The Morgan fingerprint density at radius 3 is 2.00 bits per heavy atom. The van der Waals surface area contributed by atoms with Crippen molar-refractivity contribution in [1.29, 1.82) is 0 Å². The van der Waals surface area contributed by atoms with Gasteiger partial charge in [0.25, 0.3) is 0 Å². The Hall–Kier alpha value is -0.990. The molecular formula is C6H11NO2. The highest BCUT2D eigenvalue weighted by Gasteiger charge is 2.03. The van der Waals surface area contributed by atoms with Crippen LogP contribution in [0.15, 0.2) is 11.3 Å². The minimum atomic E-state index is -0.366. The molecule has 0 saturated heterocycles. The van der Waals surface area contributed by atoms with Crippen molar-refractivity contribution in [2.75, 3.05) is 7.11 Å². The number of methoxy groups -OCH3 is 1. The highest BCUT2D eigenvalue weighted by atomic mass is 16.5. The third kappa shape index (κ3) is 2.17. The molecule has 0 heterocycles. The van der Waals surface area contributed by atoms with E-state index in [1.807, 2.05) is 0 Å². The molecule has 0 aromatic heterocycles. The number of nitrogens with two attached hydrogens (primary N) is 1. The number of rotatable bonds is 1. The molecule has 0 radical (unpaired) electrons. The Bertz CT molecular complexity index is 145. The van der Waals surface area contributed by atoms with Crippen LogP contribution < -0.4 is 5.73 Å². The van der Waals surface area contributed by atoms with E-state index in [2.05, 4.69) is 4.74 Å². The summed E-state index contributed by atoms with van der Waals surface area (Å²) in [5, 5.41) is 0. The van der Waals surface area contributed by atoms with Gasteiger partial charge in [0.05, 0.1) is 12.7 Å². The quantitative estimate of drug-likeness (QED) is 0.412. The van der Waals surface area contributed by atoms with Crippen LogP contribution >= 0.6 is 0 Å². The van der Waals surface area contributed by atoms with Crippen molar-refractivity contribution in [3.8, 4) is 0 Å². The molecule has 0 aromatic rings. The monoisotopic (exact) mass is 129 g/mol. The molecule has 0 bridgehead atoms. The summed E-state index contributed by atoms with van der Waals surface area (Å²) in [6, 6.07) is 0. The smallest absolute Gasteiger partial charge is 0.335 e. The van der Waals surface area contributed by atoms with Gasteiger partial charge in [-0.05, 0) is 13.8 Å². The van der Waals surface area contributed by atoms with E-state index in [4.69, 9.17) is 5.73 Å². The Balaban J connectivity index is 4.21. The van der Waals surface area contributed by atoms with Gasteiger partial charge >= 0.3 is 5.97 Å². The fourth-order valence-corrected chi connectivity index (χ4v) is 0.314. The molecule has 52 valence electrons. The molecule has 0 spiro atoms. The lowest BCUT2D eigenvalue weighted by atomic mass is 10.2. The second-order valence-electron chi connectivity index (χ2n) is 1.80. The van der Waals surface area contributed by atoms with Gasteiger partial charge in [0, 0.05) is 5.70 Å². The number of esters is 1. The largest absolute Gasteiger partial charge is 0.466 e. The van der Waals surface area contributed by atoms with E-state index >= 15 is 0 Å². The van der Waals surface area contributed by atoms with Crippen LogP contribution in [0.5, 0.6) is 0 Å². The number of hydrogen-bond donors (Lipinski definition) is 1. The predicted octanol–water partition coefficient (Wildman–Crippen LogP) is 0.412. The standard InChI is InChI=1S/C6H11NO2/c1-4(5(2)7)6(8)9-3/h7H2,1-3H3/b5-4-. The number of allylic oxidation sites excluding steroid dienone is 1. The lowest BCUT2D eigenvalue weighted by Gasteiger charge is -1.98. The van der Waals surface area contributed by atoms with Crippen LogP contribution in [0.4, 0.5) is 0 Å². The zero-order valence-electron chi connectivity index (χ0n) is 5.89. The molecule has 0 aliphatic rings. The van der Waals surface area contributed by atoms with Crippen LogP contribution in [-0.4, -0.2) is 13.1 Å². The molecule has 3 nitrogen and oxygen atoms in total. The number of carbonyl (C=O) groups is 1. The summed E-state index contributed by atoms with van der Waals surface area (Å²) >= 11 is 0. The SMILES string of the molecule is COC(=O)/C(C)=C(/C)N. The molecule has 0 aliphatic carbocycles. The molecule has 0 fully saturated rings. The van der Waals surface area contributed by atoms with Crippen LogP contribution in [0, 0.1) is 0 Å². The summed E-state index contributed by atoms with van der Waals surface area (Å²) in [5.74, 6) is -0.366. The van der Waals surface area contributed by atoms with E-state index in [0.717, 1.165) is 0 Å². The first-order valence-electron chi connectivity index (χ1n) is 2.61.